The van der Waals surface area contributed by atoms with Gasteiger partial charge in [0.1, 0.15) is 5.82 Å². The summed E-state index contributed by atoms with van der Waals surface area (Å²) >= 11 is 0. The van der Waals surface area contributed by atoms with Gasteiger partial charge in [-0.1, -0.05) is 6.07 Å². The normalized spacial score (nSPS) is 11.4. The summed E-state index contributed by atoms with van der Waals surface area (Å²) in [5, 5.41) is 7.77. The Morgan fingerprint density at radius 1 is 1.30 bits per heavy atom. The van der Waals surface area contributed by atoms with Crippen molar-refractivity contribution in [2.75, 3.05) is 7.05 Å². The highest BCUT2D eigenvalue weighted by Crippen LogP contribution is 2.29. The van der Waals surface area contributed by atoms with E-state index < -0.39 is 0 Å². The van der Waals surface area contributed by atoms with E-state index in [0.29, 0.717) is 0 Å². The van der Waals surface area contributed by atoms with Gasteiger partial charge in [0.25, 0.3) is 0 Å². The van der Waals surface area contributed by atoms with Crippen LogP contribution in [0.1, 0.15) is 17.2 Å². The smallest absolute Gasteiger partial charge is 0.104 e. The van der Waals surface area contributed by atoms with Crippen LogP contribution in [0.5, 0.6) is 0 Å². The fourth-order valence-corrected chi connectivity index (χ4v) is 2.64. The molecule has 0 aliphatic heterocycles. The minimum atomic E-state index is 0.761. The molecule has 0 saturated carbocycles. The molecule has 3 rings (SSSR count). The Balaban J connectivity index is 2.18. The topological polar surface area (TPSA) is 58.5 Å². The van der Waals surface area contributed by atoms with Gasteiger partial charge in [0.05, 0.1) is 16.7 Å². The lowest BCUT2D eigenvalue weighted by Gasteiger charge is -2.04. The zero-order chi connectivity index (χ0) is 14.3. The second-order valence-electron chi connectivity index (χ2n) is 5.12. The molecular weight excluding hydrogens is 250 g/mol. The third-order valence-electron chi connectivity index (χ3n) is 3.64. The number of rotatable bonds is 3. The molecule has 1 aromatic carbocycles. The number of imidazole rings is 1. The van der Waals surface area contributed by atoms with Crippen LogP contribution in [0.4, 0.5) is 0 Å². The van der Waals surface area contributed by atoms with E-state index >= 15 is 0 Å². The predicted octanol–water partition coefficient (Wildman–Crippen LogP) is 2.30. The number of benzene rings is 1. The van der Waals surface area contributed by atoms with Gasteiger partial charge < -0.3 is 10.3 Å². The van der Waals surface area contributed by atoms with Gasteiger partial charge in [0, 0.05) is 24.8 Å². The SMILES string of the molecule is CNCc1nn(C)c(C)c1-c1ccc2nc(C)[nH]c2c1. The van der Waals surface area contributed by atoms with Crippen molar-refractivity contribution in [2.45, 2.75) is 20.4 Å². The summed E-state index contributed by atoms with van der Waals surface area (Å²) in [6.07, 6.45) is 0. The maximum Gasteiger partial charge on any atom is 0.104 e. The Bertz CT molecular complexity index is 766. The lowest BCUT2D eigenvalue weighted by molar-refractivity contribution is 0.698. The molecule has 0 radical (unpaired) electrons. The highest BCUT2D eigenvalue weighted by Gasteiger charge is 2.15. The first-order valence-electron chi connectivity index (χ1n) is 6.74. The Morgan fingerprint density at radius 3 is 2.85 bits per heavy atom. The van der Waals surface area contributed by atoms with E-state index in [9.17, 15) is 0 Å². The number of aromatic amines is 1. The van der Waals surface area contributed by atoms with E-state index in [4.69, 9.17) is 0 Å². The molecular formula is C15H19N5. The van der Waals surface area contributed by atoms with Crippen LogP contribution < -0.4 is 5.32 Å². The average molecular weight is 269 g/mol. The van der Waals surface area contributed by atoms with Crippen LogP contribution in [-0.2, 0) is 13.6 Å². The first-order valence-corrected chi connectivity index (χ1v) is 6.74. The molecule has 104 valence electrons. The number of aromatic nitrogens is 4. The van der Waals surface area contributed by atoms with E-state index in [1.807, 2.05) is 25.7 Å². The van der Waals surface area contributed by atoms with E-state index in [1.165, 1.54) is 16.8 Å². The standard InChI is InChI=1S/C15H19N5/c1-9-15(14(8-16-3)19-20(9)4)11-5-6-12-13(7-11)18-10(2)17-12/h5-7,16H,8H2,1-4H3,(H,17,18). The summed E-state index contributed by atoms with van der Waals surface area (Å²) < 4.78 is 1.93. The van der Waals surface area contributed by atoms with E-state index in [0.717, 1.165) is 29.1 Å². The number of hydrogen-bond acceptors (Lipinski definition) is 3. The third-order valence-corrected chi connectivity index (χ3v) is 3.64. The fourth-order valence-electron chi connectivity index (χ4n) is 2.64. The van der Waals surface area contributed by atoms with Crippen molar-refractivity contribution >= 4 is 11.0 Å². The number of hydrogen-bond donors (Lipinski definition) is 2. The van der Waals surface area contributed by atoms with Crippen LogP contribution in [0, 0.1) is 13.8 Å². The van der Waals surface area contributed by atoms with Crippen LogP contribution in [0.2, 0.25) is 0 Å². The zero-order valence-electron chi connectivity index (χ0n) is 12.3. The van der Waals surface area contributed by atoms with Crippen LogP contribution in [0.15, 0.2) is 18.2 Å². The van der Waals surface area contributed by atoms with Gasteiger partial charge in [-0.15, -0.1) is 0 Å². The molecule has 0 amide bonds. The van der Waals surface area contributed by atoms with E-state index in [-0.39, 0.29) is 0 Å². The molecule has 5 heteroatoms. The molecule has 3 aromatic rings. The molecule has 0 atom stereocenters. The molecule has 0 spiro atoms. The van der Waals surface area contributed by atoms with Gasteiger partial charge in [0.15, 0.2) is 0 Å². The number of aryl methyl sites for hydroxylation is 2. The minimum Gasteiger partial charge on any atom is -0.342 e. The maximum atomic E-state index is 4.59. The molecule has 2 N–H and O–H groups in total. The van der Waals surface area contributed by atoms with Gasteiger partial charge in [-0.3, -0.25) is 4.68 Å². The second-order valence-corrected chi connectivity index (χ2v) is 5.12. The molecule has 2 heterocycles. The van der Waals surface area contributed by atoms with Crippen molar-refractivity contribution < 1.29 is 0 Å². The van der Waals surface area contributed by atoms with Crippen LogP contribution >= 0.6 is 0 Å². The van der Waals surface area contributed by atoms with Crippen molar-refractivity contribution in [2.24, 2.45) is 7.05 Å². The summed E-state index contributed by atoms with van der Waals surface area (Å²) in [7, 11) is 3.92. The fraction of sp³-hybridized carbons (Fsp3) is 0.333. The largest absolute Gasteiger partial charge is 0.342 e. The van der Waals surface area contributed by atoms with Gasteiger partial charge in [-0.2, -0.15) is 5.10 Å². The van der Waals surface area contributed by atoms with Crippen molar-refractivity contribution in [1.29, 1.82) is 0 Å². The van der Waals surface area contributed by atoms with Crippen molar-refractivity contribution in [3.05, 3.63) is 35.4 Å². The molecule has 0 saturated heterocycles. The molecule has 0 aliphatic carbocycles. The Hall–Kier alpha value is -2.14. The van der Waals surface area contributed by atoms with Gasteiger partial charge >= 0.3 is 0 Å². The average Bonchev–Trinajstić information content (AvgIpc) is 2.90. The summed E-state index contributed by atoms with van der Waals surface area (Å²) in [6.45, 7) is 4.84. The molecule has 0 bridgehead atoms. The lowest BCUT2D eigenvalue weighted by Crippen LogP contribution is -2.07. The Labute approximate surface area is 118 Å². The summed E-state index contributed by atoms with van der Waals surface area (Å²) in [5.74, 6) is 0.940. The molecule has 5 nitrogen and oxygen atoms in total. The highest BCUT2D eigenvalue weighted by atomic mass is 15.3. The zero-order valence-corrected chi connectivity index (χ0v) is 12.3. The van der Waals surface area contributed by atoms with E-state index in [2.05, 4.69) is 45.5 Å². The summed E-state index contributed by atoms with van der Waals surface area (Å²) in [5.41, 5.74) is 6.70. The Morgan fingerprint density at radius 2 is 2.10 bits per heavy atom. The monoisotopic (exact) mass is 269 g/mol. The van der Waals surface area contributed by atoms with Crippen LogP contribution in [0.25, 0.3) is 22.2 Å². The van der Waals surface area contributed by atoms with Crippen molar-refractivity contribution in [1.82, 2.24) is 25.1 Å². The first kappa shape index (κ1) is 12.9. The quantitative estimate of drug-likeness (QED) is 0.767. The summed E-state index contributed by atoms with van der Waals surface area (Å²) in [6, 6.07) is 6.33. The Kier molecular flexibility index (Phi) is 3.06. The number of fused-ring (bicyclic) bond motifs is 1. The van der Waals surface area contributed by atoms with Crippen molar-refractivity contribution in [3.63, 3.8) is 0 Å². The van der Waals surface area contributed by atoms with E-state index in [1.54, 1.807) is 0 Å². The number of nitrogens with one attached hydrogen (secondary N) is 2. The highest BCUT2D eigenvalue weighted by molar-refractivity contribution is 5.83. The lowest BCUT2D eigenvalue weighted by atomic mass is 10.0. The molecule has 0 unspecified atom stereocenters. The third kappa shape index (κ3) is 2.00. The summed E-state index contributed by atoms with van der Waals surface area (Å²) in [4.78, 5) is 7.74. The van der Waals surface area contributed by atoms with Crippen LogP contribution in [-0.4, -0.2) is 26.8 Å². The molecule has 0 fully saturated rings. The molecule has 20 heavy (non-hydrogen) atoms. The van der Waals surface area contributed by atoms with Gasteiger partial charge in [-0.25, -0.2) is 4.98 Å². The molecule has 0 aliphatic rings. The number of nitrogens with zero attached hydrogens (tertiary/aromatic N) is 3. The van der Waals surface area contributed by atoms with Gasteiger partial charge in [0.2, 0.25) is 0 Å². The molecule has 2 aromatic heterocycles. The van der Waals surface area contributed by atoms with Gasteiger partial charge in [-0.05, 0) is 38.6 Å². The number of H-pyrrole nitrogens is 1. The first-order chi connectivity index (χ1) is 9.60. The second kappa shape index (κ2) is 4.76. The minimum absolute atomic E-state index is 0.761. The van der Waals surface area contributed by atoms with Crippen molar-refractivity contribution in [3.8, 4) is 11.1 Å². The van der Waals surface area contributed by atoms with Crippen LogP contribution in [0.3, 0.4) is 0 Å². The maximum absolute atomic E-state index is 4.59. The predicted molar refractivity (Wildman–Crippen MR) is 80.5 cm³/mol.